The Hall–Kier alpha value is -1.31. The van der Waals surface area contributed by atoms with Crippen LogP contribution in [0.15, 0.2) is 24.3 Å². The Morgan fingerprint density at radius 3 is 2.50 bits per heavy atom. The number of methoxy groups -OCH3 is 1. The molecule has 0 fully saturated rings. The predicted molar refractivity (Wildman–Crippen MR) is 65.8 cm³/mol. The van der Waals surface area contributed by atoms with Crippen LogP contribution >= 0.6 is 0 Å². The van der Waals surface area contributed by atoms with Crippen molar-refractivity contribution in [2.24, 2.45) is 0 Å². The number of hydrogen-bond acceptors (Lipinski definition) is 3. The van der Waals surface area contributed by atoms with Crippen molar-refractivity contribution in [3.05, 3.63) is 29.8 Å². The van der Waals surface area contributed by atoms with Gasteiger partial charge in [-0.1, -0.05) is 12.1 Å². The Kier molecular flexibility index (Phi) is 4.10. The number of hydrogen-bond donors (Lipinski definition) is 0. The van der Waals surface area contributed by atoms with Crippen LogP contribution in [0.4, 0.5) is 0 Å². The van der Waals surface area contributed by atoms with E-state index in [1.807, 2.05) is 24.3 Å². The Morgan fingerprint density at radius 2 is 2.00 bits per heavy atom. The molecular formula is C12H17NO2Si. The molecule has 0 aliphatic heterocycles. The minimum Gasteiger partial charge on any atom is -0.497 e. The topological polar surface area (TPSA) is 42.2 Å². The second-order valence-corrected chi connectivity index (χ2v) is 8.98. The first-order valence-corrected chi connectivity index (χ1v) is 8.58. The average molecular weight is 235 g/mol. The second-order valence-electron chi connectivity index (χ2n) is 4.52. The van der Waals surface area contributed by atoms with Gasteiger partial charge in [0.25, 0.3) is 0 Å². The minimum absolute atomic E-state index is 0.498. The first-order chi connectivity index (χ1) is 7.46. The van der Waals surface area contributed by atoms with E-state index in [-0.39, 0.29) is 0 Å². The highest BCUT2D eigenvalue weighted by Gasteiger charge is 2.22. The number of rotatable bonds is 4. The van der Waals surface area contributed by atoms with Crippen molar-refractivity contribution in [2.75, 3.05) is 7.11 Å². The summed E-state index contributed by atoms with van der Waals surface area (Å²) in [4.78, 5) is 0. The Morgan fingerprint density at radius 1 is 1.31 bits per heavy atom. The van der Waals surface area contributed by atoms with Gasteiger partial charge in [-0.05, 0) is 37.3 Å². The Labute approximate surface area is 97.7 Å². The fraction of sp³-hybridized carbons (Fsp3) is 0.417. The third-order valence-corrected chi connectivity index (χ3v) is 2.93. The third-order valence-electron chi connectivity index (χ3n) is 1.99. The lowest BCUT2D eigenvalue weighted by molar-refractivity contribution is 0.254. The van der Waals surface area contributed by atoms with Gasteiger partial charge in [-0.2, -0.15) is 5.26 Å². The molecule has 0 radical (unpaired) electrons. The maximum Gasteiger partial charge on any atom is 0.186 e. The molecule has 4 heteroatoms. The molecule has 1 atom stereocenters. The molecule has 0 bridgehead atoms. The van der Waals surface area contributed by atoms with Gasteiger partial charge in [0.05, 0.1) is 13.2 Å². The Bertz CT molecular complexity index is 393. The van der Waals surface area contributed by atoms with Gasteiger partial charge in [-0.15, -0.1) is 0 Å². The van der Waals surface area contributed by atoms with Crippen LogP contribution in [0.3, 0.4) is 0 Å². The van der Waals surface area contributed by atoms with Crippen LogP contribution in [-0.2, 0) is 4.43 Å². The van der Waals surface area contributed by atoms with Gasteiger partial charge in [-0.3, -0.25) is 0 Å². The maximum atomic E-state index is 9.11. The predicted octanol–water partition coefficient (Wildman–Crippen LogP) is 3.11. The largest absolute Gasteiger partial charge is 0.497 e. The quantitative estimate of drug-likeness (QED) is 0.753. The minimum atomic E-state index is -1.71. The average Bonchev–Trinajstić information content (AvgIpc) is 2.25. The van der Waals surface area contributed by atoms with E-state index in [9.17, 15) is 0 Å². The van der Waals surface area contributed by atoms with Gasteiger partial charge in [0.15, 0.2) is 14.4 Å². The van der Waals surface area contributed by atoms with Crippen molar-refractivity contribution in [3.63, 3.8) is 0 Å². The lowest BCUT2D eigenvalue weighted by atomic mass is 10.1. The fourth-order valence-corrected chi connectivity index (χ4v) is 2.22. The Balaban J connectivity index is 2.92. The molecule has 3 nitrogen and oxygen atoms in total. The zero-order valence-electron chi connectivity index (χ0n) is 10.2. The second kappa shape index (κ2) is 5.15. The van der Waals surface area contributed by atoms with Gasteiger partial charge in [-0.25, -0.2) is 0 Å². The molecular weight excluding hydrogens is 218 g/mol. The van der Waals surface area contributed by atoms with Crippen molar-refractivity contribution >= 4 is 8.32 Å². The lowest BCUT2D eigenvalue weighted by Gasteiger charge is -2.22. The SMILES string of the molecule is COc1cccc([C@H](C#N)O[Si](C)(C)C)c1. The summed E-state index contributed by atoms with van der Waals surface area (Å²) in [5.74, 6) is 0.747. The monoisotopic (exact) mass is 235 g/mol. The van der Waals surface area contributed by atoms with Gasteiger partial charge in [0, 0.05) is 0 Å². The molecule has 1 aromatic rings. The summed E-state index contributed by atoms with van der Waals surface area (Å²) in [6.07, 6.45) is -0.498. The van der Waals surface area contributed by atoms with Crippen LogP contribution in [-0.4, -0.2) is 15.4 Å². The zero-order chi connectivity index (χ0) is 12.2. The van der Waals surface area contributed by atoms with E-state index in [0.717, 1.165) is 11.3 Å². The molecule has 0 unspecified atom stereocenters. The van der Waals surface area contributed by atoms with Crippen LogP contribution in [0.5, 0.6) is 5.75 Å². The van der Waals surface area contributed by atoms with Crippen LogP contribution in [0, 0.1) is 11.3 Å². The summed E-state index contributed by atoms with van der Waals surface area (Å²) in [6.45, 7) is 6.20. The molecule has 0 amide bonds. The highest BCUT2D eigenvalue weighted by atomic mass is 28.4. The van der Waals surface area contributed by atoms with Gasteiger partial charge in [0.2, 0.25) is 0 Å². The normalized spacial score (nSPS) is 12.9. The molecule has 16 heavy (non-hydrogen) atoms. The number of nitrogens with zero attached hydrogens (tertiary/aromatic N) is 1. The van der Waals surface area contributed by atoms with E-state index < -0.39 is 14.4 Å². The molecule has 1 rings (SSSR count). The molecule has 0 aliphatic carbocycles. The summed E-state index contributed by atoms with van der Waals surface area (Å²) >= 11 is 0. The van der Waals surface area contributed by atoms with Crippen molar-refractivity contribution in [1.82, 2.24) is 0 Å². The van der Waals surface area contributed by atoms with E-state index in [4.69, 9.17) is 14.4 Å². The summed E-state index contributed by atoms with van der Waals surface area (Å²) in [5.41, 5.74) is 0.851. The van der Waals surface area contributed by atoms with Crippen LogP contribution in [0.1, 0.15) is 11.7 Å². The molecule has 0 aliphatic rings. The molecule has 1 aromatic carbocycles. The van der Waals surface area contributed by atoms with Crippen molar-refractivity contribution in [3.8, 4) is 11.8 Å². The maximum absolute atomic E-state index is 9.11. The van der Waals surface area contributed by atoms with Crippen molar-refractivity contribution in [1.29, 1.82) is 5.26 Å². The number of benzene rings is 1. The summed E-state index contributed by atoms with van der Waals surface area (Å²) in [5, 5.41) is 9.11. The van der Waals surface area contributed by atoms with Gasteiger partial charge >= 0.3 is 0 Å². The van der Waals surface area contributed by atoms with E-state index >= 15 is 0 Å². The smallest absolute Gasteiger partial charge is 0.186 e. The molecule has 0 saturated carbocycles. The molecule has 0 spiro atoms. The summed E-state index contributed by atoms with van der Waals surface area (Å²) in [6, 6.07) is 9.63. The van der Waals surface area contributed by atoms with Gasteiger partial charge < -0.3 is 9.16 Å². The van der Waals surface area contributed by atoms with Crippen LogP contribution < -0.4 is 4.74 Å². The van der Waals surface area contributed by atoms with Crippen LogP contribution in [0.25, 0.3) is 0 Å². The molecule has 0 N–H and O–H groups in total. The van der Waals surface area contributed by atoms with E-state index in [1.54, 1.807) is 7.11 Å². The van der Waals surface area contributed by atoms with E-state index in [1.165, 1.54) is 0 Å². The first-order valence-electron chi connectivity index (χ1n) is 5.17. The molecule has 86 valence electrons. The lowest BCUT2D eigenvalue weighted by Crippen LogP contribution is -2.27. The van der Waals surface area contributed by atoms with E-state index in [0.29, 0.717) is 0 Å². The van der Waals surface area contributed by atoms with Crippen molar-refractivity contribution in [2.45, 2.75) is 25.7 Å². The first kappa shape index (κ1) is 12.8. The summed E-state index contributed by atoms with van der Waals surface area (Å²) in [7, 11) is -0.104. The van der Waals surface area contributed by atoms with Crippen molar-refractivity contribution < 1.29 is 9.16 Å². The van der Waals surface area contributed by atoms with Crippen LogP contribution in [0.2, 0.25) is 19.6 Å². The third kappa shape index (κ3) is 3.68. The number of ether oxygens (including phenoxy) is 1. The number of nitriles is 1. The zero-order valence-corrected chi connectivity index (χ0v) is 11.2. The van der Waals surface area contributed by atoms with Gasteiger partial charge in [0.1, 0.15) is 5.75 Å². The van der Waals surface area contributed by atoms with E-state index in [2.05, 4.69) is 25.7 Å². The molecule has 0 heterocycles. The highest BCUT2D eigenvalue weighted by molar-refractivity contribution is 6.69. The summed E-state index contributed by atoms with van der Waals surface area (Å²) < 4.78 is 10.9. The fourth-order valence-electron chi connectivity index (χ4n) is 1.33. The molecule has 0 aromatic heterocycles. The molecule has 0 saturated heterocycles. The highest BCUT2D eigenvalue weighted by Crippen LogP contribution is 2.24. The standard InChI is InChI=1S/C12H17NO2Si/c1-14-11-7-5-6-10(8-11)12(9-13)15-16(2,3)4/h5-8,12H,1-4H3/t12-/m0/s1.